The van der Waals surface area contributed by atoms with Crippen LogP contribution in [-0.2, 0) is 4.74 Å². The molecule has 1 atom stereocenters. The number of nitrogens with zero attached hydrogens (tertiary/aromatic N) is 1. The van der Waals surface area contributed by atoms with Gasteiger partial charge in [-0.15, -0.1) is 0 Å². The average molecular weight is 339 g/mol. The van der Waals surface area contributed by atoms with Gasteiger partial charge >= 0.3 is 6.09 Å². The molecule has 0 saturated carbocycles. The lowest BCUT2D eigenvalue weighted by molar-refractivity contribution is 0.0242. The van der Waals surface area contributed by atoms with Gasteiger partial charge in [-0.2, -0.15) is 0 Å². The standard InChI is InChI=1S/C12H22INO2/c1-12(2,3)16-11(15)14-8-6-4-5-7-10(13)9-14/h10H,4-9H2,1-3H3. The third-order valence-electron chi connectivity index (χ3n) is 2.52. The molecule has 1 fully saturated rings. The molecule has 1 heterocycles. The molecule has 1 rings (SSSR count). The molecule has 1 saturated heterocycles. The summed E-state index contributed by atoms with van der Waals surface area (Å²) in [6.07, 6.45) is 4.66. The highest BCUT2D eigenvalue weighted by molar-refractivity contribution is 14.1. The van der Waals surface area contributed by atoms with Crippen molar-refractivity contribution in [2.45, 2.75) is 56.0 Å². The highest BCUT2D eigenvalue weighted by Gasteiger charge is 2.24. The molecule has 0 aromatic carbocycles. The summed E-state index contributed by atoms with van der Waals surface area (Å²) >= 11 is 2.44. The van der Waals surface area contributed by atoms with Gasteiger partial charge in [0, 0.05) is 17.0 Å². The van der Waals surface area contributed by atoms with Gasteiger partial charge in [0.1, 0.15) is 5.60 Å². The molecule has 1 amide bonds. The summed E-state index contributed by atoms with van der Waals surface area (Å²) in [5.41, 5.74) is -0.389. The Labute approximate surface area is 112 Å². The molecule has 0 aromatic rings. The molecular formula is C12H22INO2. The minimum Gasteiger partial charge on any atom is -0.444 e. The summed E-state index contributed by atoms with van der Waals surface area (Å²) in [4.78, 5) is 13.8. The molecule has 1 aliphatic rings. The van der Waals surface area contributed by atoms with Crippen LogP contribution in [0.1, 0.15) is 46.5 Å². The van der Waals surface area contributed by atoms with E-state index in [0.717, 1.165) is 19.5 Å². The van der Waals surface area contributed by atoms with Crippen LogP contribution in [-0.4, -0.2) is 33.6 Å². The van der Waals surface area contributed by atoms with Gasteiger partial charge < -0.3 is 9.64 Å². The van der Waals surface area contributed by atoms with Crippen molar-refractivity contribution < 1.29 is 9.53 Å². The second-order valence-corrected chi connectivity index (χ2v) is 7.13. The van der Waals surface area contributed by atoms with Crippen LogP contribution in [0.5, 0.6) is 0 Å². The van der Waals surface area contributed by atoms with Crippen LogP contribution in [0, 0.1) is 0 Å². The first-order valence-corrected chi connectivity index (χ1v) is 7.25. The van der Waals surface area contributed by atoms with Crippen LogP contribution < -0.4 is 0 Å². The summed E-state index contributed by atoms with van der Waals surface area (Å²) in [5.74, 6) is 0. The maximum absolute atomic E-state index is 11.9. The number of ether oxygens (including phenoxy) is 1. The molecule has 94 valence electrons. The molecule has 16 heavy (non-hydrogen) atoms. The number of carbonyl (C=O) groups excluding carboxylic acids is 1. The van der Waals surface area contributed by atoms with Crippen molar-refractivity contribution in [1.82, 2.24) is 4.90 Å². The Bertz CT molecular complexity index is 238. The number of rotatable bonds is 0. The second-order valence-electron chi connectivity index (χ2n) is 5.37. The Morgan fingerprint density at radius 3 is 2.62 bits per heavy atom. The first-order chi connectivity index (χ1) is 7.38. The van der Waals surface area contributed by atoms with E-state index in [0.29, 0.717) is 3.92 Å². The zero-order valence-corrected chi connectivity index (χ0v) is 12.6. The maximum Gasteiger partial charge on any atom is 0.410 e. The van der Waals surface area contributed by atoms with Gasteiger partial charge in [0.25, 0.3) is 0 Å². The van der Waals surface area contributed by atoms with Crippen LogP contribution in [0.3, 0.4) is 0 Å². The number of likely N-dealkylation sites (tertiary alicyclic amines) is 1. The second kappa shape index (κ2) is 6.07. The molecule has 1 aliphatic heterocycles. The number of carbonyl (C=O) groups is 1. The van der Waals surface area contributed by atoms with E-state index in [9.17, 15) is 4.79 Å². The Morgan fingerprint density at radius 2 is 2.00 bits per heavy atom. The summed E-state index contributed by atoms with van der Waals surface area (Å²) < 4.78 is 5.97. The predicted octanol–water partition coefficient (Wildman–Crippen LogP) is 3.60. The van der Waals surface area contributed by atoms with Crippen molar-refractivity contribution in [3.63, 3.8) is 0 Å². The minimum atomic E-state index is -0.389. The molecule has 0 aliphatic carbocycles. The molecule has 3 nitrogen and oxygen atoms in total. The van der Waals surface area contributed by atoms with Crippen molar-refractivity contribution in [2.24, 2.45) is 0 Å². The third-order valence-corrected chi connectivity index (χ3v) is 3.53. The van der Waals surface area contributed by atoms with Gasteiger partial charge in [0.2, 0.25) is 0 Å². The number of hydrogen-bond donors (Lipinski definition) is 0. The number of alkyl halides is 1. The van der Waals surface area contributed by atoms with E-state index in [1.807, 2.05) is 25.7 Å². The van der Waals surface area contributed by atoms with Gasteiger partial charge in [-0.1, -0.05) is 35.4 Å². The van der Waals surface area contributed by atoms with Gasteiger partial charge in [-0.05, 0) is 33.6 Å². The van der Waals surface area contributed by atoms with Crippen LogP contribution in [0.2, 0.25) is 0 Å². The van der Waals surface area contributed by atoms with Crippen molar-refractivity contribution >= 4 is 28.7 Å². The number of halogens is 1. The molecule has 0 bridgehead atoms. The summed E-state index contributed by atoms with van der Waals surface area (Å²) in [6, 6.07) is 0. The fraction of sp³-hybridized carbons (Fsp3) is 0.917. The van der Waals surface area contributed by atoms with Crippen molar-refractivity contribution in [1.29, 1.82) is 0 Å². The molecule has 0 spiro atoms. The van der Waals surface area contributed by atoms with E-state index < -0.39 is 0 Å². The zero-order chi connectivity index (χ0) is 12.2. The fourth-order valence-corrected chi connectivity index (χ4v) is 2.68. The molecular weight excluding hydrogens is 317 g/mol. The van der Waals surface area contributed by atoms with Gasteiger partial charge in [-0.3, -0.25) is 0 Å². The lowest BCUT2D eigenvalue weighted by atomic mass is 10.1. The molecule has 1 unspecified atom stereocenters. The van der Waals surface area contributed by atoms with Crippen molar-refractivity contribution in [3.8, 4) is 0 Å². The predicted molar refractivity (Wildman–Crippen MR) is 74.1 cm³/mol. The van der Waals surface area contributed by atoms with Crippen LogP contribution >= 0.6 is 22.6 Å². The highest BCUT2D eigenvalue weighted by Crippen LogP contribution is 2.19. The van der Waals surface area contributed by atoms with Gasteiger partial charge in [0.05, 0.1) is 0 Å². The Morgan fingerprint density at radius 1 is 1.31 bits per heavy atom. The lowest BCUT2D eigenvalue weighted by Crippen LogP contribution is -2.41. The molecule has 0 radical (unpaired) electrons. The van der Waals surface area contributed by atoms with E-state index in [4.69, 9.17) is 4.74 Å². The molecule has 4 heteroatoms. The van der Waals surface area contributed by atoms with E-state index in [-0.39, 0.29) is 11.7 Å². The monoisotopic (exact) mass is 339 g/mol. The highest BCUT2D eigenvalue weighted by atomic mass is 127. The lowest BCUT2D eigenvalue weighted by Gasteiger charge is -2.30. The summed E-state index contributed by atoms with van der Waals surface area (Å²) in [5, 5.41) is 0. The van der Waals surface area contributed by atoms with Gasteiger partial charge in [0.15, 0.2) is 0 Å². The summed E-state index contributed by atoms with van der Waals surface area (Å²) in [6.45, 7) is 7.41. The van der Waals surface area contributed by atoms with E-state index in [2.05, 4.69) is 22.6 Å². The molecule has 0 N–H and O–H groups in total. The normalized spacial score (nSPS) is 23.5. The summed E-state index contributed by atoms with van der Waals surface area (Å²) in [7, 11) is 0. The topological polar surface area (TPSA) is 29.5 Å². The van der Waals surface area contributed by atoms with Crippen LogP contribution in [0.25, 0.3) is 0 Å². The zero-order valence-electron chi connectivity index (χ0n) is 10.5. The molecule has 0 aromatic heterocycles. The van der Waals surface area contributed by atoms with E-state index >= 15 is 0 Å². The SMILES string of the molecule is CC(C)(C)OC(=O)N1CCCCCC(I)C1. The van der Waals surface area contributed by atoms with Crippen molar-refractivity contribution in [2.75, 3.05) is 13.1 Å². The van der Waals surface area contributed by atoms with Gasteiger partial charge in [-0.25, -0.2) is 4.79 Å². The fourth-order valence-electron chi connectivity index (χ4n) is 1.76. The first-order valence-electron chi connectivity index (χ1n) is 6.00. The van der Waals surface area contributed by atoms with E-state index in [1.54, 1.807) is 0 Å². The third kappa shape index (κ3) is 5.37. The Hall–Kier alpha value is 0. The Balaban J connectivity index is 2.51. The maximum atomic E-state index is 11.9. The Kier molecular flexibility index (Phi) is 5.34. The number of amides is 1. The van der Waals surface area contributed by atoms with Crippen LogP contribution in [0.15, 0.2) is 0 Å². The largest absolute Gasteiger partial charge is 0.444 e. The number of hydrogen-bond acceptors (Lipinski definition) is 2. The minimum absolute atomic E-state index is 0.156. The average Bonchev–Trinajstić information content (AvgIpc) is 2.07. The van der Waals surface area contributed by atoms with E-state index in [1.165, 1.54) is 19.3 Å². The quantitative estimate of drug-likeness (QED) is 0.499. The first kappa shape index (κ1) is 14.1. The van der Waals surface area contributed by atoms with Crippen LogP contribution in [0.4, 0.5) is 4.79 Å². The smallest absolute Gasteiger partial charge is 0.410 e. The van der Waals surface area contributed by atoms with Crippen molar-refractivity contribution in [3.05, 3.63) is 0 Å².